The number of furan rings is 1. The van der Waals surface area contributed by atoms with Crippen molar-refractivity contribution < 1.29 is 4.42 Å². The average molecular weight is 275 g/mol. The quantitative estimate of drug-likeness (QED) is 0.839. The minimum atomic E-state index is 0.106. The third kappa shape index (κ3) is 3.12. The Balaban J connectivity index is 2.36. The summed E-state index contributed by atoms with van der Waals surface area (Å²) in [7, 11) is 0. The zero-order chi connectivity index (χ0) is 14.5. The first-order valence-electron chi connectivity index (χ1n) is 7.48. The highest BCUT2D eigenvalue weighted by Crippen LogP contribution is 2.26. The monoisotopic (exact) mass is 275 g/mol. The molecular formula is C16H25N3O. The normalized spacial score (nSPS) is 12.8. The molecule has 0 fully saturated rings. The number of nitrogens with zero attached hydrogens (tertiary/aromatic N) is 2. The summed E-state index contributed by atoms with van der Waals surface area (Å²) < 4.78 is 7.93. The van der Waals surface area contributed by atoms with Gasteiger partial charge in [0.2, 0.25) is 0 Å². The van der Waals surface area contributed by atoms with Gasteiger partial charge in [0.25, 0.3) is 0 Å². The summed E-state index contributed by atoms with van der Waals surface area (Å²) in [5.74, 6) is 3.00. The van der Waals surface area contributed by atoms with Gasteiger partial charge in [-0.2, -0.15) is 0 Å². The van der Waals surface area contributed by atoms with Crippen LogP contribution in [-0.2, 0) is 6.54 Å². The van der Waals surface area contributed by atoms with Gasteiger partial charge < -0.3 is 14.3 Å². The molecule has 0 saturated heterocycles. The molecule has 0 aliphatic heterocycles. The molecule has 4 nitrogen and oxygen atoms in total. The van der Waals surface area contributed by atoms with E-state index in [-0.39, 0.29) is 6.04 Å². The summed E-state index contributed by atoms with van der Waals surface area (Å²) in [4.78, 5) is 4.57. The molecule has 0 bridgehead atoms. The Morgan fingerprint density at radius 2 is 2.10 bits per heavy atom. The molecule has 0 radical (unpaired) electrons. The van der Waals surface area contributed by atoms with Crippen molar-refractivity contribution in [3.05, 3.63) is 41.4 Å². The van der Waals surface area contributed by atoms with Crippen molar-refractivity contribution in [1.29, 1.82) is 0 Å². The van der Waals surface area contributed by atoms with Gasteiger partial charge in [-0.15, -0.1) is 0 Å². The molecule has 2 aromatic rings. The maximum Gasteiger partial charge on any atom is 0.130 e. The van der Waals surface area contributed by atoms with Gasteiger partial charge >= 0.3 is 0 Å². The van der Waals surface area contributed by atoms with Gasteiger partial charge in [-0.1, -0.05) is 13.8 Å². The number of hydrogen-bond acceptors (Lipinski definition) is 3. The first-order chi connectivity index (χ1) is 9.67. The lowest BCUT2D eigenvalue weighted by molar-refractivity contribution is 0.484. The molecule has 0 saturated carbocycles. The van der Waals surface area contributed by atoms with Crippen LogP contribution in [0, 0.1) is 13.8 Å². The summed E-state index contributed by atoms with van der Waals surface area (Å²) in [6.07, 6.45) is 6.14. The third-order valence-corrected chi connectivity index (χ3v) is 3.46. The van der Waals surface area contributed by atoms with E-state index in [0.717, 1.165) is 43.3 Å². The van der Waals surface area contributed by atoms with Crippen LogP contribution in [0.3, 0.4) is 0 Å². The van der Waals surface area contributed by atoms with Gasteiger partial charge in [0.05, 0.1) is 6.04 Å². The van der Waals surface area contributed by atoms with Crippen LogP contribution < -0.4 is 5.32 Å². The maximum absolute atomic E-state index is 5.70. The molecule has 0 aromatic carbocycles. The van der Waals surface area contributed by atoms with Gasteiger partial charge in [-0.25, -0.2) is 4.98 Å². The van der Waals surface area contributed by atoms with Crippen molar-refractivity contribution in [3.8, 4) is 0 Å². The van der Waals surface area contributed by atoms with Crippen LogP contribution >= 0.6 is 0 Å². The SMILES string of the molecule is CCCNC(c1cc(C)oc1C)c1nccn1CCC. The van der Waals surface area contributed by atoms with Crippen molar-refractivity contribution >= 4 is 0 Å². The second-order valence-electron chi connectivity index (χ2n) is 5.23. The second kappa shape index (κ2) is 6.75. The number of aryl methyl sites for hydroxylation is 3. The summed E-state index contributed by atoms with van der Waals surface area (Å²) in [5, 5.41) is 3.60. The molecule has 20 heavy (non-hydrogen) atoms. The lowest BCUT2D eigenvalue weighted by Gasteiger charge is -2.19. The summed E-state index contributed by atoms with van der Waals surface area (Å²) in [5.41, 5.74) is 1.19. The van der Waals surface area contributed by atoms with Crippen molar-refractivity contribution in [2.45, 2.75) is 53.1 Å². The fourth-order valence-electron chi connectivity index (χ4n) is 2.58. The lowest BCUT2D eigenvalue weighted by Crippen LogP contribution is -2.26. The molecule has 4 heteroatoms. The first-order valence-corrected chi connectivity index (χ1v) is 7.48. The van der Waals surface area contributed by atoms with Crippen LogP contribution in [0.1, 0.15) is 55.6 Å². The Morgan fingerprint density at radius 1 is 1.30 bits per heavy atom. The Labute approximate surface area is 121 Å². The van der Waals surface area contributed by atoms with Crippen molar-refractivity contribution in [2.24, 2.45) is 0 Å². The number of hydrogen-bond donors (Lipinski definition) is 1. The van der Waals surface area contributed by atoms with Crippen LogP contribution in [0.4, 0.5) is 0 Å². The summed E-state index contributed by atoms with van der Waals surface area (Å²) in [6.45, 7) is 10.3. The van der Waals surface area contributed by atoms with Crippen molar-refractivity contribution in [3.63, 3.8) is 0 Å². The van der Waals surface area contributed by atoms with Crippen LogP contribution in [0.2, 0.25) is 0 Å². The topological polar surface area (TPSA) is 43.0 Å². The molecule has 0 amide bonds. The van der Waals surface area contributed by atoms with E-state index in [4.69, 9.17) is 4.42 Å². The fourth-order valence-corrected chi connectivity index (χ4v) is 2.58. The highest BCUT2D eigenvalue weighted by molar-refractivity contribution is 5.29. The molecule has 110 valence electrons. The average Bonchev–Trinajstić information content (AvgIpc) is 2.99. The number of rotatable bonds is 7. The Bertz CT molecular complexity index is 542. The largest absolute Gasteiger partial charge is 0.466 e. The molecule has 2 heterocycles. The number of nitrogens with one attached hydrogen (secondary N) is 1. The van der Waals surface area contributed by atoms with Gasteiger partial charge in [-0.05, 0) is 39.3 Å². The van der Waals surface area contributed by atoms with Crippen LogP contribution in [0.5, 0.6) is 0 Å². The van der Waals surface area contributed by atoms with Crippen LogP contribution in [0.15, 0.2) is 22.9 Å². The van der Waals surface area contributed by atoms with E-state index in [1.807, 2.05) is 20.0 Å². The minimum absolute atomic E-state index is 0.106. The smallest absolute Gasteiger partial charge is 0.130 e. The Kier molecular flexibility index (Phi) is 5.01. The summed E-state index contributed by atoms with van der Waals surface area (Å²) in [6, 6.07) is 2.22. The van der Waals surface area contributed by atoms with Crippen LogP contribution in [-0.4, -0.2) is 16.1 Å². The zero-order valence-electron chi connectivity index (χ0n) is 12.9. The van der Waals surface area contributed by atoms with E-state index >= 15 is 0 Å². The van der Waals surface area contributed by atoms with Crippen molar-refractivity contribution in [1.82, 2.24) is 14.9 Å². The number of aromatic nitrogens is 2. The second-order valence-corrected chi connectivity index (χ2v) is 5.23. The van der Waals surface area contributed by atoms with E-state index < -0.39 is 0 Å². The highest BCUT2D eigenvalue weighted by Gasteiger charge is 2.22. The van der Waals surface area contributed by atoms with Gasteiger partial charge in [-0.3, -0.25) is 0 Å². The predicted molar refractivity (Wildman–Crippen MR) is 80.8 cm³/mol. The molecule has 2 rings (SSSR count). The lowest BCUT2D eigenvalue weighted by atomic mass is 10.1. The van der Waals surface area contributed by atoms with Crippen molar-refractivity contribution in [2.75, 3.05) is 6.54 Å². The van der Waals surface area contributed by atoms with E-state index in [2.05, 4.69) is 41.0 Å². The minimum Gasteiger partial charge on any atom is -0.466 e. The van der Waals surface area contributed by atoms with E-state index in [1.54, 1.807) is 0 Å². The molecule has 2 aromatic heterocycles. The van der Waals surface area contributed by atoms with Crippen LogP contribution in [0.25, 0.3) is 0 Å². The number of imidazole rings is 1. The van der Waals surface area contributed by atoms with Gasteiger partial charge in [0.1, 0.15) is 17.3 Å². The standard InChI is InChI=1S/C16H25N3O/c1-5-7-17-15(14-11-12(3)20-13(14)4)16-18-8-10-19(16)9-6-2/h8,10-11,15,17H,5-7,9H2,1-4H3. The highest BCUT2D eigenvalue weighted by atomic mass is 16.3. The molecule has 0 aliphatic carbocycles. The molecule has 0 aliphatic rings. The Hall–Kier alpha value is -1.55. The molecule has 1 N–H and O–H groups in total. The maximum atomic E-state index is 5.70. The molecular weight excluding hydrogens is 250 g/mol. The molecule has 0 spiro atoms. The Morgan fingerprint density at radius 3 is 2.70 bits per heavy atom. The van der Waals surface area contributed by atoms with E-state index in [9.17, 15) is 0 Å². The third-order valence-electron chi connectivity index (χ3n) is 3.46. The molecule has 1 atom stereocenters. The molecule has 1 unspecified atom stereocenters. The van der Waals surface area contributed by atoms with Gasteiger partial charge in [0, 0.05) is 24.5 Å². The first kappa shape index (κ1) is 14.9. The zero-order valence-corrected chi connectivity index (χ0v) is 12.9. The van der Waals surface area contributed by atoms with E-state index in [0.29, 0.717) is 0 Å². The summed E-state index contributed by atoms with van der Waals surface area (Å²) >= 11 is 0. The van der Waals surface area contributed by atoms with Gasteiger partial charge in [0.15, 0.2) is 0 Å². The predicted octanol–water partition coefficient (Wildman–Crippen LogP) is 3.59. The fraction of sp³-hybridized carbons (Fsp3) is 0.562. The van der Waals surface area contributed by atoms with E-state index in [1.165, 1.54) is 5.56 Å².